The van der Waals surface area contributed by atoms with Crippen LogP contribution in [0, 0.1) is 6.92 Å². The number of hydrogen-bond acceptors (Lipinski definition) is 5. The van der Waals surface area contributed by atoms with Gasteiger partial charge in [0.05, 0.1) is 23.7 Å². The molecule has 130 valence electrons. The highest BCUT2D eigenvalue weighted by molar-refractivity contribution is 7.89. The van der Waals surface area contributed by atoms with Crippen LogP contribution in [0.2, 0.25) is 0 Å². The van der Waals surface area contributed by atoms with Crippen molar-refractivity contribution in [2.75, 3.05) is 18.9 Å². The van der Waals surface area contributed by atoms with Gasteiger partial charge in [0, 0.05) is 5.69 Å². The number of nitrogens with one attached hydrogen (secondary N) is 3. The number of sulfonamides is 1. The lowest BCUT2D eigenvalue weighted by molar-refractivity contribution is -0.115. The van der Waals surface area contributed by atoms with Crippen molar-refractivity contribution in [2.45, 2.75) is 24.8 Å². The fraction of sp³-hybridized carbons (Fsp3) is 0.312. The Hall–Kier alpha value is -2.16. The van der Waals surface area contributed by atoms with Crippen LogP contribution < -0.4 is 15.4 Å². The fourth-order valence-corrected chi connectivity index (χ4v) is 3.16. The van der Waals surface area contributed by atoms with Gasteiger partial charge in [-0.2, -0.15) is 0 Å². The van der Waals surface area contributed by atoms with Gasteiger partial charge in [0.1, 0.15) is 5.76 Å². The average Bonchev–Trinajstić information content (AvgIpc) is 3.09. The topological polar surface area (TPSA) is 100 Å². The van der Waals surface area contributed by atoms with Gasteiger partial charge in [-0.05, 0) is 50.7 Å². The third kappa shape index (κ3) is 4.44. The highest BCUT2D eigenvalue weighted by Gasteiger charge is 2.16. The Morgan fingerprint density at radius 2 is 2.04 bits per heavy atom. The number of benzene rings is 1. The minimum Gasteiger partial charge on any atom is -0.468 e. The largest absolute Gasteiger partial charge is 0.468 e. The molecular weight excluding hydrogens is 330 g/mol. The molecule has 0 fully saturated rings. The molecule has 0 bridgehead atoms. The zero-order valence-corrected chi connectivity index (χ0v) is 14.6. The molecule has 1 aromatic heterocycles. The molecule has 7 nitrogen and oxygen atoms in total. The second-order valence-corrected chi connectivity index (χ2v) is 7.21. The Morgan fingerprint density at radius 3 is 2.67 bits per heavy atom. The molecule has 2 rings (SSSR count). The number of aryl methyl sites for hydroxylation is 1. The Morgan fingerprint density at radius 1 is 1.29 bits per heavy atom. The molecule has 3 N–H and O–H groups in total. The first kappa shape index (κ1) is 18.2. The molecule has 1 atom stereocenters. The lowest BCUT2D eigenvalue weighted by atomic mass is 10.2. The predicted molar refractivity (Wildman–Crippen MR) is 91.2 cm³/mol. The van der Waals surface area contributed by atoms with E-state index in [1.807, 2.05) is 13.0 Å². The molecule has 0 radical (unpaired) electrons. The third-order valence-electron chi connectivity index (χ3n) is 3.57. The molecular formula is C16H21N3O4S. The summed E-state index contributed by atoms with van der Waals surface area (Å²) in [5.41, 5.74) is 1.03. The van der Waals surface area contributed by atoms with Crippen molar-refractivity contribution >= 4 is 21.6 Å². The van der Waals surface area contributed by atoms with E-state index in [0.717, 1.165) is 5.76 Å². The van der Waals surface area contributed by atoms with E-state index in [1.165, 1.54) is 13.1 Å². The van der Waals surface area contributed by atoms with Crippen molar-refractivity contribution in [1.82, 2.24) is 10.0 Å². The van der Waals surface area contributed by atoms with Crippen molar-refractivity contribution < 1.29 is 17.6 Å². The number of hydrogen-bond donors (Lipinski definition) is 3. The molecule has 8 heteroatoms. The van der Waals surface area contributed by atoms with Crippen LogP contribution >= 0.6 is 0 Å². The molecule has 0 spiro atoms. The molecule has 0 aliphatic heterocycles. The van der Waals surface area contributed by atoms with Gasteiger partial charge < -0.3 is 9.73 Å². The second-order valence-electron chi connectivity index (χ2n) is 5.35. The minimum absolute atomic E-state index is 0.0733. The minimum atomic E-state index is -3.57. The van der Waals surface area contributed by atoms with Gasteiger partial charge in [-0.25, -0.2) is 13.1 Å². The first-order chi connectivity index (χ1) is 11.3. The van der Waals surface area contributed by atoms with Gasteiger partial charge in [-0.3, -0.25) is 10.1 Å². The predicted octanol–water partition coefficient (Wildman–Crippen LogP) is 1.79. The summed E-state index contributed by atoms with van der Waals surface area (Å²) in [6.45, 7) is 3.65. The average molecular weight is 351 g/mol. The van der Waals surface area contributed by atoms with Crippen LogP contribution in [0.1, 0.15) is 24.3 Å². The summed E-state index contributed by atoms with van der Waals surface area (Å²) in [4.78, 5) is 12.2. The number of carbonyl (C=O) groups excluding carboxylic acids is 1. The van der Waals surface area contributed by atoms with Crippen LogP contribution in [0.3, 0.4) is 0 Å². The fourth-order valence-electron chi connectivity index (χ4n) is 2.17. The van der Waals surface area contributed by atoms with Crippen molar-refractivity contribution in [3.63, 3.8) is 0 Å². The summed E-state index contributed by atoms with van der Waals surface area (Å²) in [7, 11) is -2.22. The number of carbonyl (C=O) groups is 1. The van der Waals surface area contributed by atoms with E-state index in [1.54, 1.807) is 31.4 Å². The van der Waals surface area contributed by atoms with Crippen LogP contribution in [-0.4, -0.2) is 27.9 Å². The number of anilines is 1. The molecule has 0 aliphatic carbocycles. The van der Waals surface area contributed by atoms with Crippen LogP contribution in [0.5, 0.6) is 0 Å². The quantitative estimate of drug-likeness (QED) is 0.706. The standard InChI is InChI=1S/C16H21N3O4S/c1-11-6-7-13(9-15(11)24(21,22)17-3)19-16(20)10-18-12(2)14-5-4-8-23-14/h4-9,12,17-18H,10H2,1-3H3,(H,19,20)/t12-/m0/s1. The monoisotopic (exact) mass is 351 g/mol. The molecule has 0 saturated heterocycles. The Labute approximate surface area is 141 Å². The van der Waals surface area contributed by atoms with E-state index in [9.17, 15) is 13.2 Å². The van der Waals surface area contributed by atoms with Crippen LogP contribution in [0.15, 0.2) is 45.9 Å². The molecule has 2 aromatic rings. The normalized spacial score (nSPS) is 12.8. The van der Waals surface area contributed by atoms with Gasteiger partial charge >= 0.3 is 0 Å². The highest BCUT2D eigenvalue weighted by atomic mass is 32.2. The summed E-state index contributed by atoms with van der Waals surface area (Å²) >= 11 is 0. The summed E-state index contributed by atoms with van der Waals surface area (Å²) < 4.78 is 31.4. The smallest absolute Gasteiger partial charge is 0.240 e. The maximum Gasteiger partial charge on any atom is 0.240 e. The Balaban J connectivity index is 2.00. The van der Waals surface area contributed by atoms with Crippen LogP contribution in [0.4, 0.5) is 5.69 Å². The third-order valence-corrected chi connectivity index (χ3v) is 5.13. The number of amides is 1. The Bertz CT molecular complexity index is 801. The molecule has 1 heterocycles. The van der Waals surface area contributed by atoms with Crippen LogP contribution in [0.25, 0.3) is 0 Å². The summed E-state index contributed by atoms with van der Waals surface area (Å²) in [5.74, 6) is 0.464. The maximum absolute atomic E-state index is 12.0. The van der Waals surface area contributed by atoms with E-state index < -0.39 is 10.0 Å². The number of furan rings is 1. The molecule has 24 heavy (non-hydrogen) atoms. The lowest BCUT2D eigenvalue weighted by Gasteiger charge is -2.13. The maximum atomic E-state index is 12.0. The summed E-state index contributed by atoms with van der Waals surface area (Å²) in [6.07, 6.45) is 1.57. The molecule has 0 aliphatic rings. The molecule has 1 aromatic carbocycles. The molecule has 0 unspecified atom stereocenters. The summed E-state index contributed by atoms with van der Waals surface area (Å²) in [6, 6.07) is 8.25. The zero-order chi connectivity index (χ0) is 17.7. The van der Waals surface area contributed by atoms with Gasteiger partial charge in [0.25, 0.3) is 0 Å². The van der Waals surface area contributed by atoms with Gasteiger partial charge in [-0.15, -0.1) is 0 Å². The van der Waals surface area contributed by atoms with Gasteiger partial charge in [0.2, 0.25) is 15.9 Å². The highest BCUT2D eigenvalue weighted by Crippen LogP contribution is 2.20. The van der Waals surface area contributed by atoms with E-state index in [2.05, 4.69) is 15.4 Å². The second kappa shape index (κ2) is 7.61. The SMILES string of the molecule is CNS(=O)(=O)c1cc(NC(=O)CN[C@@H](C)c2ccco2)ccc1C. The zero-order valence-electron chi connectivity index (χ0n) is 13.8. The number of rotatable bonds is 7. The van der Waals surface area contributed by atoms with Gasteiger partial charge in [0.15, 0.2) is 0 Å². The first-order valence-corrected chi connectivity index (χ1v) is 8.92. The van der Waals surface area contributed by atoms with E-state index >= 15 is 0 Å². The van der Waals surface area contributed by atoms with Crippen molar-refractivity contribution in [3.05, 3.63) is 47.9 Å². The van der Waals surface area contributed by atoms with E-state index in [-0.39, 0.29) is 23.4 Å². The van der Waals surface area contributed by atoms with Crippen LogP contribution in [-0.2, 0) is 14.8 Å². The van der Waals surface area contributed by atoms with Crippen molar-refractivity contribution in [2.24, 2.45) is 0 Å². The van der Waals surface area contributed by atoms with E-state index in [0.29, 0.717) is 11.3 Å². The Kier molecular flexibility index (Phi) is 5.76. The van der Waals surface area contributed by atoms with Crippen molar-refractivity contribution in [3.8, 4) is 0 Å². The lowest BCUT2D eigenvalue weighted by Crippen LogP contribution is -2.30. The first-order valence-electron chi connectivity index (χ1n) is 7.44. The van der Waals surface area contributed by atoms with Gasteiger partial charge in [-0.1, -0.05) is 6.07 Å². The van der Waals surface area contributed by atoms with E-state index in [4.69, 9.17) is 4.42 Å². The molecule has 0 saturated carbocycles. The summed E-state index contributed by atoms with van der Waals surface area (Å²) in [5, 5.41) is 5.72. The molecule has 1 amide bonds. The van der Waals surface area contributed by atoms with Crippen molar-refractivity contribution in [1.29, 1.82) is 0 Å².